The van der Waals surface area contributed by atoms with Crippen molar-refractivity contribution in [2.75, 3.05) is 7.11 Å². The third kappa shape index (κ3) is 11.3. The van der Waals surface area contributed by atoms with Crippen molar-refractivity contribution in [3.63, 3.8) is 0 Å². The van der Waals surface area contributed by atoms with Crippen molar-refractivity contribution in [3.8, 4) is 0 Å². The number of ether oxygens (including phenoxy) is 1. The van der Waals surface area contributed by atoms with E-state index in [1.54, 1.807) is 12.3 Å². The molecule has 0 saturated carbocycles. The highest BCUT2D eigenvalue weighted by molar-refractivity contribution is 5.86. The van der Waals surface area contributed by atoms with Crippen LogP contribution in [0, 0.1) is 0 Å². The van der Waals surface area contributed by atoms with Crippen LogP contribution in [0.25, 0.3) is 0 Å². The van der Waals surface area contributed by atoms with Crippen LogP contribution >= 0.6 is 0 Å². The summed E-state index contributed by atoms with van der Waals surface area (Å²) in [5.74, 6) is 4.10. The Bertz CT molecular complexity index is 179. The molecule has 0 radical (unpaired) electrons. The fraction of sp³-hybridized carbons (Fsp3) is 0.333. The summed E-state index contributed by atoms with van der Waals surface area (Å²) in [5.41, 5.74) is 6.52. The molecule has 0 bridgehead atoms. The molecular formula is C6H13N3O3. The molecule has 6 heteroatoms. The SMILES string of the molecule is C=C(C)C(=O)OC.NNC(N)=O. The number of rotatable bonds is 1. The van der Waals surface area contributed by atoms with E-state index in [-0.39, 0.29) is 5.97 Å². The Morgan fingerprint density at radius 2 is 1.83 bits per heavy atom. The molecule has 0 unspecified atom stereocenters. The van der Waals surface area contributed by atoms with Crippen LogP contribution in [0.4, 0.5) is 4.79 Å². The standard InChI is InChI=1S/C5H8O2.CH5N3O/c1-4(2)5(6)7-3;2-1(5)4-3/h1H2,2-3H3;3H2,(H3,2,4,5). The summed E-state index contributed by atoms with van der Waals surface area (Å²) in [4.78, 5) is 19.5. The highest BCUT2D eigenvalue weighted by Crippen LogP contribution is 1.87. The van der Waals surface area contributed by atoms with E-state index in [9.17, 15) is 9.59 Å². The van der Waals surface area contributed by atoms with E-state index in [0.717, 1.165) is 0 Å². The maximum atomic E-state index is 10.2. The van der Waals surface area contributed by atoms with Gasteiger partial charge in [0.2, 0.25) is 0 Å². The summed E-state index contributed by atoms with van der Waals surface area (Å²) in [6.45, 7) is 4.95. The Morgan fingerprint density at radius 1 is 1.50 bits per heavy atom. The van der Waals surface area contributed by atoms with E-state index in [0.29, 0.717) is 5.57 Å². The van der Waals surface area contributed by atoms with E-state index in [1.807, 2.05) is 0 Å². The highest BCUT2D eigenvalue weighted by atomic mass is 16.5. The molecule has 5 N–H and O–H groups in total. The molecule has 0 aromatic heterocycles. The first-order chi connectivity index (χ1) is 5.45. The summed E-state index contributed by atoms with van der Waals surface area (Å²) >= 11 is 0. The summed E-state index contributed by atoms with van der Waals surface area (Å²) in [6.07, 6.45) is 0. The second kappa shape index (κ2) is 7.55. The zero-order valence-corrected chi connectivity index (χ0v) is 7.09. The lowest BCUT2D eigenvalue weighted by Gasteiger charge is -1.91. The fourth-order valence-electron chi connectivity index (χ4n) is 0.174. The number of carbonyl (C=O) groups excluding carboxylic acids is 2. The quantitative estimate of drug-likeness (QED) is 0.160. The Kier molecular flexibility index (Phi) is 8.21. The van der Waals surface area contributed by atoms with Crippen molar-refractivity contribution < 1.29 is 14.3 Å². The van der Waals surface area contributed by atoms with E-state index in [4.69, 9.17) is 0 Å². The van der Waals surface area contributed by atoms with Gasteiger partial charge in [0.1, 0.15) is 0 Å². The predicted octanol–water partition coefficient (Wildman–Crippen LogP) is -0.736. The number of amides is 2. The van der Waals surface area contributed by atoms with Crippen molar-refractivity contribution >= 4 is 12.0 Å². The number of esters is 1. The third-order valence-corrected chi connectivity index (χ3v) is 0.676. The maximum Gasteiger partial charge on any atom is 0.332 e. The van der Waals surface area contributed by atoms with Gasteiger partial charge < -0.3 is 10.5 Å². The summed E-state index contributed by atoms with van der Waals surface area (Å²) < 4.78 is 4.27. The first kappa shape index (κ1) is 13.1. The second-order valence-electron chi connectivity index (χ2n) is 1.78. The smallest absolute Gasteiger partial charge is 0.332 e. The van der Waals surface area contributed by atoms with Gasteiger partial charge in [-0.15, -0.1) is 0 Å². The summed E-state index contributed by atoms with van der Waals surface area (Å²) in [7, 11) is 1.33. The molecule has 2 amide bonds. The van der Waals surface area contributed by atoms with E-state index in [1.165, 1.54) is 7.11 Å². The molecule has 0 aromatic rings. The number of primary amides is 1. The number of hydrogen-bond donors (Lipinski definition) is 3. The predicted molar refractivity (Wildman–Crippen MR) is 43.7 cm³/mol. The molecule has 0 aromatic carbocycles. The number of nitrogens with two attached hydrogens (primary N) is 2. The summed E-state index contributed by atoms with van der Waals surface area (Å²) in [5, 5.41) is 0. The Morgan fingerprint density at radius 3 is 1.83 bits per heavy atom. The van der Waals surface area contributed by atoms with Crippen LogP contribution in [-0.2, 0) is 9.53 Å². The van der Waals surface area contributed by atoms with Crippen molar-refractivity contribution in [1.29, 1.82) is 0 Å². The van der Waals surface area contributed by atoms with Gasteiger partial charge in [-0.3, -0.25) is 5.43 Å². The minimum absolute atomic E-state index is 0.347. The van der Waals surface area contributed by atoms with Gasteiger partial charge in [0.15, 0.2) is 0 Å². The van der Waals surface area contributed by atoms with Crippen LogP contribution in [-0.4, -0.2) is 19.1 Å². The fourth-order valence-corrected chi connectivity index (χ4v) is 0.174. The van der Waals surface area contributed by atoms with Crippen LogP contribution < -0.4 is 17.0 Å². The Labute approximate surface area is 70.5 Å². The molecule has 0 rings (SSSR count). The summed E-state index contributed by atoms with van der Waals surface area (Å²) in [6, 6.07) is -0.718. The molecular weight excluding hydrogens is 162 g/mol. The van der Waals surface area contributed by atoms with E-state index < -0.39 is 6.03 Å². The van der Waals surface area contributed by atoms with Gasteiger partial charge in [-0.2, -0.15) is 0 Å². The lowest BCUT2D eigenvalue weighted by atomic mass is 10.4. The molecule has 0 aliphatic carbocycles. The molecule has 70 valence electrons. The van der Waals surface area contributed by atoms with Gasteiger partial charge in [0.25, 0.3) is 0 Å². The van der Waals surface area contributed by atoms with Crippen molar-refractivity contribution in [2.45, 2.75) is 6.92 Å². The number of carbonyl (C=O) groups is 2. The zero-order chi connectivity index (χ0) is 10.1. The molecule has 0 fully saturated rings. The van der Waals surface area contributed by atoms with Crippen molar-refractivity contribution in [3.05, 3.63) is 12.2 Å². The number of hydrogen-bond acceptors (Lipinski definition) is 4. The van der Waals surface area contributed by atoms with Gasteiger partial charge in [-0.05, 0) is 6.92 Å². The minimum Gasteiger partial charge on any atom is -0.466 e. The van der Waals surface area contributed by atoms with Gasteiger partial charge >= 0.3 is 12.0 Å². The Hall–Kier alpha value is -1.56. The van der Waals surface area contributed by atoms with Crippen LogP contribution in [0.3, 0.4) is 0 Å². The average Bonchev–Trinajstić information content (AvgIpc) is 2.04. The van der Waals surface area contributed by atoms with Crippen molar-refractivity contribution in [2.24, 2.45) is 11.6 Å². The lowest BCUT2D eigenvalue weighted by Crippen LogP contribution is -2.34. The number of urea groups is 1. The largest absolute Gasteiger partial charge is 0.466 e. The van der Waals surface area contributed by atoms with Crippen LogP contribution in [0.15, 0.2) is 12.2 Å². The van der Waals surface area contributed by atoms with E-state index >= 15 is 0 Å². The average molecular weight is 175 g/mol. The molecule has 0 spiro atoms. The van der Waals surface area contributed by atoms with Crippen LogP contribution in [0.5, 0.6) is 0 Å². The topological polar surface area (TPSA) is 107 Å². The lowest BCUT2D eigenvalue weighted by molar-refractivity contribution is -0.136. The molecule has 0 heterocycles. The Balaban J connectivity index is 0. The first-order valence-electron chi connectivity index (χ1n) is 2.95. The molecule has 0 aliphatic heterocycles. The number of methoxy groups -OCH3 is 1. The highest BCUT2D eigenvalue weighted by Gasteiger charge is 1.95. The zero-order valence-electron chi connectivity index (χ0n) is 7.09. The van der Waals surface area contributed by atoms with E-state index in [2.05, 4.69) is 22.9 Å². The molecule has 0 atom stereocenters. The minimum atomic E-state index is -0.718. The van der Waals surface area contributed by atoms with Crippen molar-refractivity contribution in [1.82, 2.24) is 5.43 Å². The molecule has 12 heavy (non-hydrogen) atoms. The normalized spacial score (nSPS) is 7.25. The second-order valence-corrected chi connectivity index (χ2v) is 1.78. The monoisotopic (exact) mass is 175 g/mol. The van der Waals surface area contributed by atoms with Crippen LogP contribution in [0.2, 0.25) is 0 Å². The van der Waals surface area contributed by atoms with Gasteiger partial charge in [0.05, 0.1) is 7.11 Å². The first-order valence-corrected chi connectivity index (χ1v) is 2.95. The van der Waals surface area contributed by atoms with Gasteiger partial charge in [0, 0.05) is 5.57 Å². The number of hydrazine groups is 1. The van der Waals surface area contributed by atoms with Crippen LogP contribution in [0.1, 0.15) is 6.92 Å². The third-order valence-electron chi connectivity index (χ3n) is 0.676. The van der Waals surface area contributed by atoms with Gasteiger partial charge in [-0.1, -0.05) is 6.58 Å². The number of nitrogens with one attached hydrogen (secondary N) is 1. The maximum absolute atomic E-state index is 10.2. The van der Waals surface area contributed by atoms with Gasteiger partial charge in [-0.25, -0.2) is 15.4 Å². The molecule has 0 aliphatic rings. The molecule has 0 saturated heterocycles. The molecule has 6 nitrogen and oxygen atoms in total.